The molecule has 2 fully saturated rings. The van der Waals surface area contributed by atoms with E-state index in [0.717, 1.165) is 38.8 Å². The van der Waals surface area contributed by atoms with Crippen LogP contribution in [0, 0.1) is 0 Å². The lowest BCUT2D eigenvalue weighted by Crippen LogP contribution is -2.31. The average Bonchev–Trinajstić information content (AvgIpc) is 3.29. The predicted octanol–water partition coefficient (Wildman–Crippen LogP) is 4.23. The number of likely N-dealkylation sites (tertiary alicyclic amines) is 1. The molecule has 0 N–H and O–H groups in total. The van der Waals surface area contributed by atoms with Crippen molar-refractivity contribution in [3.63, 3.8) is 0 Å². The molecule has 2 aliphatic heterocycles. The zero-order valence-electron chi connectivity index (χ0n) is 16.5. The van der Waals surface area contributed by atoms with Crippen LogP contribution in [-0.2, 0) is 19.7 Å². The Kier molecular flexibility index (Phi) is 6.36. The second kappa shape index (κ2) is 8.53. The summed E-state index contributed by atoms with van der Waals surface area (Å²) in [5.74, 6) is 0.208. The molecule has 2 aliphatic rings. The second-order valence-electron chi connectivity index (χ2n) is 8.58. The third-order valence-electron chi connectivity index (χ3n) is 5.52. The molecule has 26 heavy (non-hydrogen) atoms. The maximum atomic E-state index is 12.7. The molecule has 3 rings (SSSR count). The molecule has 4 heteroatoms. The zero-order valence-corrected chi connectivity index (χ0v) is 16.5. The van der Waals surface area contributed by atoms with Crippen molar-refractivity contribution >= 4 is 5.91 Å². The third-order valence-corrected chi connectivity index (χ3v) is 5.52. The van der Waals surface area contributed by atoms with Gasteiger partial charge in [-0.15, -0.1) is 0 Å². The summed E-state index contributed by atoms with van der Waals surface area (Å²) in [7, 11) is 0. The lowest BCUT2D eigenvalue weighted by Gasteiger charge is -2.26. The van der Waals surface area contributed by atoms with Crippen molar-refractivity contribution in [3.8, 4) is 0 Å². The van der Waals surface area contributed by atoms with Crippen LogP contribution in [0.5, 0.6) is 0 Å². The van der Waals surface area contributed by atoms with Crippen molar-refractivity contribution in [1.82, 2.24) is 4.90 Å². The lowest BCUT2D eigenvalue weighted by atomic mass is 9.86. The van der Waals surface area contributed by atoms with Gasteiger partial charge in [0.2, 0.25) is 5.91 Å². The van der Waals surface area contributed by atoms with Crippen LogP contribution in [0.3, 0.4) is 0 Å². The van der Waals surface area contributed by atoms with E-state index in [1.807, 2.05) is 4.90 Å². The van der Waals surface area contributed by atoms with Gasteiger partial charge in [-0.2, -0.15) is 0 Å². The average molecular weight is 360 g/mol. The van der Waals surface area contributed by atoms with E-state index in [4.69, 9.17) is 9.47 Å². The standard InChI is InChI=1S/C22H33NO3/c1-22(2,3)18-10-8-17(9-11-18)20-7-4-13-23(20)21(24)12-15-25-16-19-6-5-14-26-19/h8-11,19-20H,4-7,12-16H2,1-3H3. The quantitative estimate of drug-likeness (QED) is 0.713. The number of ether oxygens (including phenoxy) is 2. The van der Waals surface area contributed by atoms with Gasteiger partial charge < -0.3 is 14.4 Å². The van der Waals surface area contributed by atoms with Crippen LogP contribution in [-0.4, -0.2) is 43.3 Å². The van der Waals surface area contributed by atoms with Gasteiger partial charge in [-0.1, -0.05) is 45.0 Å². The highest BCUT2D eigenvalue weighted by atomic mass is 16.5. The first-order valence-corrected chi connectivity index (χ1v) is 10.0. The Hall–Kier alpha value is -1.39. The van der Waals surface area contributed by atoms with Gasteiger partial charge in [-0.05, 0) is 42.2 Å². The normalized spacial score (nSPS) is 23.6. The molecule has 0 saturated carbocycles. The summed E-state index contributed by atoms with van der Waals surface area (Å²) in [6.45, 7) is 9.49. The lowest BCUT2D eigenvalue weighted by molar-refractivity contribution is -0.133. The zero-order chi connectivity index (χ0) is 18.6. The Morgan fingerprint density at radius 3 is 2.62 bits per heavy atom. The van der Waals surface area contributed by atoms with Gasteiger partial charge in [-0.3, -0.25) is 4.79 Å². The van der Waals surface area contributed by atoms with Crippen molar-refractivity contribution in [2.24, 2.45) is 0 Å². The fourth-order valence-electron chi connectivity index (χ4n) is 3.91. The summed E-state index contributed by atoms with van der Waals surface area (Å²) in [6.07, 6.45) is 5.02. The highest BCUT2D eigenvalue weighted by Gasteiger charge is 2.30. The first-order chi connectivity index (χ1) is 12.4. The number of hydrogen-bond donors (Lipinski definition) is 0. The fourth-order valence-corrected chi connectivity index (χ4v) is 3.91. The van der Waals surface area contributed by atoms with E-state index in [2.05, 4.69) is 45.0 Å². The summed E-state index contributed by atoms with van der Waals surface area (Å²) in [4.78, 5) is 14.7. The topological polar surface area (TPSA) is 38.8 Å². The van der Waals surface area contributed by atoms with E-state index in [-0.39, 0.29) is 23.5 Å². The monoisotopic (exact) mass is 359 g/mol. The molecule has 0 bridgehead atoms. The Balaban J connectivity index is 1.51. The summed E-state index contributed by atoms with van der Waals surface area (Å²) in [5.41, 5.74) is 2.74. The summed E-state index contributed by atoms with van der Waals surface area (Å²) in [6, 6.07) is 9.03. The number of carbonyl (C=O) groups is 1. The number of hydrogen-bond acceptors (Lipinski definition) is 3. The predicted molar refractivity (Wildman–Crippen MR) is 103 cm³/mol. The minimum Gasteiger partial charge on any atom is -0.378 e. The molecule has 2 saturated heterocycles. The van der Waals surface area contributed by atoms with E-state index in [1.165, 1.54) is 11.1 Å². The van der Waals surface area contributed by atoms with Gasteiger partial charge in [0.1, 0.15) is 0 Å². The molecule has 0 spiro atoms. The van der Waals surface area contributed by atoms with Crippen LogP contribution in [0.1, 0.15) is 70.0 Å². The Morgan fingerprint density at radius 2 is 1.96 bits per heavy atom. The first kappa shape index (κ1) is 19.4. The van der Waals surface area contributed by atoms with Crippen LogP contribution in [0.2, 0.25) is 0 Å². The molecular weight excluding hydrogens is 326 g/mol. The van der Waals surface area contributed by atoms with E-state index in [9.17, 15) is 4.79 Å². The second-order valence-corrected chi connectivity index (χ2v) is 8.58. The van der Waals surface area contributed by atoms with Crippen LogP contribution < -0.4 is 0 Å². The molecule has 1 amide bonds. The largest absolute Gasteiger partial charge is 0.378 e. The number of carbonyl (C=O) groups excluding carboxylic acids is 1. The van der Waals surface area contributed by atoms with Crippen LogP contribution in [0.25, 0.3) is 0 Å². The molecule has 1 aromatic rings. The van der Waals surface area contributed by atoms with Gasteiger partial charge in [0.05, 0.1) is 31.8 Å². The summed E-state index contributed by atoms with van der Waals surface area (Å²) < 4.78 is 11.2. The highest BCUT2D eigenvalue weighted by Crippen LogP contribution is 2.33. The number of benzene rings is 1. The molecule has 4 nitrogen and oxygen atoms in total. The maximum absolute atomic E-state index is 12.7. The molecule has 0 aliphatic carbocycles. The molecular formula is C22H33NO3. The minimum absolute atomic E-state index is 0.157. The van der Waals surface area contributed by atoms with Crippen molar-refractivity contribution in [2.45, 2.75) is 70.4 Å². The molecule has 144 valence electrons. The summed E-state index contributed by atoms with van der Waals surface area (Å²) in [5, 5.41) is 0. The fraction of sp³-hybridized carbons (Fsp3) is 0.682. The van der Waals surface area contributed by atoms with Crippen LogP contribution in [0.4, 0.5) is 0 Å². The first-order valence-electron chi connectivity index (χ1n) is 10.0. The maximum Gasteiger partial charge on any atom is 0.225 e. The van der Waals surface area contributed by atoms with Crippen LogP contribution >= 0.6 is 0 Å². The van der Waals surface area contributed by atoms with Crippen molar-refractivity contribution < 1.29 is 14.3 Å². The molecule has 1 aromatic carbocycles. The van der Waals surface area contributed by atoms with Gasteiger partial charge >= 0.3 is 0 Å². The van der Waals surface area contributed by atoms with E-state index in [0.29, 0.717) is 19.6 Å². The van der Waals surface area contributed by atoms with Crippen molar-refractivity contribution in [3.05, 3.63) is 35.4 Å². The molecule has 0 radical (unpaired) electrons. The van der Waals surface area contributed by atoms with Crippen molar-refractivity contribution in [2.75, 3.05) is 26.4 Å². The van der Waals surface area contributed by atoms with E-state index in [1.54, 1.807) is 0 Å². The van der Waals surface area contributed by atoms with Crippen molar-refractivity contribution in [1.29, 1.82) is 0 Å². The number of rotatable bonds is 6. The number of amides is 1. The SMILES string of the molecule is CC(C)(C)c1ccc(C2CCCN2C(=O)CCOCC2CCCO2)cc1. The van der Waals surface area contributed by atoms with E-state index >= 15 is 0 Å². The van der Waals surface area contributed by atoms with Gasteiger partial charge in [0.25, 0.3) is 0 Å². The Bertz CT molecular complexity index is 584. The molecule has 2 heterocycles. The molecule has 0 aromatic heterocycles. The minimum atomic E-state index is 0.157. The van der Waals surface area contributed by atoms with E-state index < -0.39 is 0 Å². The molecule has 2 atom stereocenters. The smallest absolute Gasteiger partial charge is 0.225 e. The Labute approximate surface area is 157 Å². The number of nitrogens with zero attached hydrogens (tertiary/aromatic N) is 1. The van der Waals surface area contributed by atoms with Gasteiger partial charge in [-0.25, -0.2) is 0 Å². The molecule has 2 unspecified atom stereocenters. The Morgan fingerprint density at radius 1 is 1.19 bits per heavy atom. The summed E-state index contributed by atoms with van der Waals surface area (Å²) >= 11 is 0. The van der Waals surface area contributed by atoms with Crippen LogP contribution in [0.15, 0.2) is 24.3 Å². The highest BCUT2D eigenvalue weighted by molar-refractivity contribution is 5.77. The van der Waals surface area contributed by atoms with Gasteiger partial charge in [0.15, 0.2) is 0 Å². The third kappa shape index (κ3) is 4.86. The van der Waals surface area contributed by atoms with Gasteiger partial charge in [0, 0.05) is 13.2 Å².